The molecule has 0 saturated carbocycles. The predicted octanol–water partition coefficient (Wildman–Crippen LogP) is 4.68. The number of aliphatic hydroxyl groups excluding tert-OH is 1. The molecule has 0 spiro atoms. The van der Waals surface area contributed by atoms with Crippen LogP contribution in [0.25, 0.3) is 0 Å². The molecule has 1 aliphatic rings. The van der Waals surface area contributed by atoms with Crippen molar-refractivity contribution in [2.45, 2.75) is 38.5 Å². The zero-order chi connectivity index (χ0) is 20.1. The van der Waals surface area contributed by atoms with E-state index in [0.717, 1.165) is 30.9 Å². The summed E-state index contributed by atoms with van der Waals surface area (Å²) in [5, 5.41) is 9.11. The van der Waals surface area contributed by atoms with Crippen LogP contribution in [-0.4, -0.2) is 29.0 Å². The standard InChI is InChI=1S/C22H24F3NO2/c23-22(24,25)20-5-1-3-16(13-20)6-7-17-4-2-12-26(14-17)21(28)19-10-8-18(15-27)9-11-19/h1,3,5,8-11,13,17,27H,2,4,6-7,12,14-15H2/t17-/m0/s1. The molecule has 2 aromatic rings. The summed E-state index contributed by atoms with van der Waals surface area (Å²) >= 11 is 0. The van der Waals surface area contributed by atoms with E-state index in [0.29, 0.717) is 30.6 Å². The smallest absolute Gasteiger partial charge is 0.392 e. The summed E-state index contributed by atoms with van der Waals surface area (Å²) in [7, 11) is 0. The average molecular weight is 391 g/mol. The lowest BCUT2D eigenvalue weighted by molar-refractivity contribution is -0.137. The number of nitrogens with zero attached hydrogens (tertiary/aromatic N) is 1. The Morgan fingerprint density at radius 2 is 1.86 bits per heavy atom. The molecular formula is C22H24F3NO2. The highest BCUT2D eigenvalue weighted by Crippen LogP contribution is 2.30. The van der Waals surface area contributed by atoms with Crippen LogP contribution in [0, 0.1) is 5.92 Å². The summed E-state index contributed by atoms with van der Waals surface area (Å²) < 4.78 is 38.6. The van der Waals surface area contributed by atoms with E-state index >= 15 is 0 Å². The van der Waals surface area contributed by atoms with Gasteiger partial charge in [0.05, 0.1) is 12.2 Å². The van der Waals surface area contributed by atoms with Gasteiger partial charge in [0.1, 0.15) is 0 Å². The van der Waals surface area contributed by atoms with Gasteiger partial charge in [-0.1, -0.05) is 30.3 Å². The number of hydrogen-bond donors (Lipinski definition) is 1. The fraction of sp³-hybridized carbons (Fsp3) is 0.409. The maximum Gasteiger partial charge on any atom is 0.416 e. The second-order valence-electron chi connectivity index (χ2n) is 7.35. The number of rotatable bonds is 5. The first kappa shape index (κ1) is 20.4. The molecule has 1 heterocycles. The number of carbonyl (C=O) groups is 1. The zero-order valence-corrected chi connectivity index (χ0v) is 15.6. The SMILES string of the molecule is O=C(c1ccc(CO)cc1)N1CCC[C@@H](CCc2cccc(C(F)(F)F)c2)C1. The molecule has 0 unspecified atom stereocenters. The first-order valence-corrected chi connectivity index (χ1v) is 9.52. The third-order valence-corrected chi connectivity index (χ3v) is 5.29. The van der Waals surface area contributed by atoms with E-state index in [1.807, 2.05) is 4.90 Å². The third kappa shape index (κ3) is 5.13. The van der Waals surface area contributed by atoms with Crippen LogP contribution in [0.4, 0.5) is 13.2 Å². The molecule has 150 valence electrons. The van der Waals surface area contributed by atoms with Crippen LogP contribution in [0.2, 0.25) is 0 Å². The summed E-state index contributed by atoms with van der Waals surface area (Å²) in [6.07, 6.45) is -1.12. The molecule has 0 radical (unpaired) electrons. The molecule has 1 N–H and O–H groups in total. The minimum Gasteiger partial charge on any atom is -0.392 e. The van der Waals surface area contributed by atoms with Crippen LogP contribution in [0.3, 0.4) is 0 Å². The van der Waals surface area contributed by atoms with Gasteiger partial charge in [0.2, 0.25) is 0 Å². The number of hydrogen-bond acceptors (Lipinski definition) is 2. The molecule has 0 aromatic heterocycles. The Bertz CT molecular complexity index is 802. The normalized spacial score (nSPS) is 17.6. The van der Waals surface area contributed by atoms with Crippen LogP contribution in [0.5, 0.6) is 0 Å². The fourth-order valence-electron chi connectivity index (χ4n) is 3.69. The molecule has 0 aliphatic carbocycles. The van der Waals surface area contributed by atoms with Crippen molar-refractivity contribution >= 4 is 5.91 Å². The molecule has 1 fully saturated rings. The van der Waals surface area contributed by atoms with Crippen molar-refractivity contribution in [1.29, 1.82) is 0 Å². The van der Waals surface area contributed by atoms with Gasteiger partial charge in [0.25, 0.3) is 5.91 Å². The summed E-state index contributed by atoms with van der Waals surface area (Å²) in [5.74, 6) is 0.247. The quantitative estimate of drug-likeness (QED) is 0.804. The molecule has 3 rings (SSSR count). The molecule has 1 amide bonds. The lowest BCUT2D eigenvalue weighted by Gasteiger charge is -2.33. The van der Waals surface area contributed by atoms with Crippen LogP contribution in [-0.2, 0) is 19.2 Å². The third-order valence-electron chi connectivity index (χ3n) is 5.29. The van der Waals surface area contributed by atoms with E-state index in [4.69, 9.17) is 5.11 Å². The van der Waals surface area contributed by atoms with Crippen LogP contribution < -0.4 is 0 Å². The number of halogens is 3. The summed E-state index contributed by atoms with van der Waals surface area (Å²) in [6.45, 7) is 1.26. The van der Waals surface area contributed by atoms with Crippen molar-refractivity contribution < 1.29 is 23.1 Å². The number of alkyl halides is 3. The van der Waals surface area contributed by atoms with Crippen molar-refractivity contribution in [2.24, 2.45) is 5.92 Å². The Morgan fingerprint density at radius 1 is 1.11 bits per heavy atom. The van der Waals surface area contributed by atoms with Gasteiger partial charge in [-0.2, -0.15) is 13.2 Å². The maximum absolute atomic E-state index is 12.9. The average Bonchev–Trinajstić information content (AvgIpc) is 2.71. The minimum atomic E-state index is -4.32. The predicted molar refractivity (Wildman–Crippen MR) is 101 cm³/mol. The van der Waals surface area contributed by atoms with E-state index in [9.17, 15) is 18.0 Å². The molecule has 28 heavy (non-hydrogen) atoms. The monoisotopic (exact) mass is 391 g/mol. The number of carbonyl (C=O) groups excluding carboxylic acids is 1. The number of likely N-dealkylation sites (tertiary alicyclic amines) is 1. The zero-order valence-electron chi connectivity index (χ0n) is 15.6. The Hall–Kier alpha value is -2.34. The molecule has 0 bridgehead atoms. The molecule has 3 nitrogen and oxygen atoms in total. The van der Waals surface area contributed by atoms with Crippen molar-refractivity contribution in [1.82, 2.24) is 4.90 Å². The van der Waals surface area contributed by atoms with Crippen LogP contribution in [0.15, 0.2) is 48.5 Å². The Balaban J connectivity index is 1.58. The van der Waals surface area contributed by atoms with Gasteiger partial charge in [0, 0.05) is 18.7 Å². The van der Waals surface area contributed by atoms with Gasteiger partial charge in [-0.25, -0.2) is 0 Å². The number of aliphatic hydroxyl groups is 1. The van der Waals surface area contributed by atoms with Crippen LogP contribution >= 0.6 is 0 Å². The van der Waals surface area contributed by atoms with E-state index in [-0.39, 0.29) is 18.4 Å². The minimum absolute atomic E-state index is 0.0340. The largest absolute Gasteiger partial charge is 0.416 e. The highest BCUT2D eigenvalue weighted by atomic mass is 19.4. The fourth-order valence-corrected chi connectivity index (χ4v) is 3.69. The second kappa shape index (κ2) is 8.78. The lowest BCUT2D eigenvalue weighted by Crippen LogP contribution is -2.40. The first-order valence-electron chi connectivity index (χ1n) is 9.52. The molecular weight excluding hydrogens is 367 g/mol. The molecule has 6 heteroatoms. The van der Waals surface area contributed by atoms with E-state index in [2.05, 4.69) is 0 Å². The molecule has 2 aromatic carbocycles. The highest BCUT2D eigenvalue weighted by Gasteiger charge is 2.30. The van der Waals surface area contributed by atoms with Gasteiger partial charge in [-0.05, 0) is 60.9 Å². The second-order valence-corrected chi connectivity index (χ2v) is 7.35. The van der Waals surface area contributed by atoms with Crippen LogP contribution in [0.1, 0.15) is 46.3 Å². The Morgan fingerprint density at radius 3 is 2.54 bits per heavy atom. The van der Waals surface area contributed by atoms with Crippen molar-refractivity contribution in [3.05, 3.63) is 70.8 Å². The summed E-state index contributed by atoms with van der Waals surface area (Å²) in [6, 6.07) is 12.4. The van der Waals surface area contributed by atoms with Gasteiger partial charge in [0.15, 0.2) is 0 Å². The summed E-state index contributed by atoms with van der Waals surface area (Å²) in [4.78, 5) is 14.5. The van der Waals surface area contributed by atoms with Crippen molar-refractivity contribution in [2.75, 3.05) is 13.1 Å². The lowest BCUT2D eigenvalue weighted by atomic mass is 9.91. The van der Waals surface area contributed by atoms with Crippen molar-refractivity contribution in [3.63, 3.8) is 0 Å². The number of benzene rings is 2. The number of aryl methyl sites for hydroxylation is 1. The molecule has 1 atom stereocenters. The van der Waals surface area contributed by atoms with Crippen molar-refractivity contribution in [3.8, 4) is 0 Å². The summed E-state index contributed by atoms with van der Waals surface area (Å²) in [5.41, 5.74) is 1.42. The first-order chi connectivity index (χ1) is 13.4. The topological polar surface area (TPSA) is 40.5 Å². The van der Waals surface area contributed by atoms with Gasteiger partial charge < -0.3 is 10.0 Å². The number of amides is 1. The molecule has 1 saturated heterocycles. The Kier molecular flexibility index (Phi) is 6.39. The highest BCUT2D eigenvalue weighted by molar-refractivity contribution is 5.94. The Labute approximate surface area is 162 Å². The number of piperidine rings is 1. The van der Waals surface area contributed by atoms with E-state index in [1.165, 1.54) is 12.1 Å². The molecule has 1 aliphatic heterocycles. The van der Waals surface area contributed by atoms with E-state index < -0.39 is 11.7 Å². The van der Waals surface area contributed by atoms with Gasteiger partial charge >= 0.3 is 6.18 Å². The van der Waals surface area contributed by atoms with Gasteiger partial charge in [-0.3, -0.25) is 4.79 Å². The maximum atomic E-state index is 12.9. The van der Waals surface area contributed by atoms with E-state index in [1.54, 1.807) is 30.3 Å². The van der Waals surface area contributed by atoms with Gasteiger partial charge in [-0.15, -0.1) is 0 Å².